The van der Waals surface area contributed by atoms with E-state index in [0.717, 1.165) is 26.6 Å². The van der Waals surface area contributed by atoms with E-state index in [1.165, 1.54) is 14.1 Å². The Morgan fingerprint density at radius 3 is 1.19 bits per heavy atom. The summed E-state index contributed by atoms with van der Waals surface area (Å²) in [6.07, 6.45) is -35.4. The monoisotopic (exact) mass is 1520 g/mol. The molecule has 0 bridgehead atoms. The highest BCUT2D eigenvalue weighted by molar-refractivity contribution is 9.10. The van der Waals surface area contributed by atoms with Crippen LogP contribution in [0.2, 0.25) is 20.6 Å². The Hall–Kier alpha value is -7.63. The first-order valence-electron chi connectivity index (χ1n) is 24.0. The first-order chi connectivity index (χ1) is 42.9. The number of anilines is 2. The Labute approximate surface area is 536 Å². The molecule has 0 amide bonds. The van der Waals surface area contributed by atoms with Gasteiger partial charge >= 0.3 is 49.4 Å². The number of aromatic nitrogens is 12. The number of aliphatic hydroxyl groups is 1. The third-order valence-electron chi connectivity index (χ3n) is 10.9. The van der Waals surface area contributed by atoms with Crippen LogP contribution in [0.4, 0.5) is 117 Å². The molecule has 16 nitrogen and oxygen atoms in total. The van der Waals surface area contributed by atoms with Gasteiger partial charge in [-0.05, 0) is 98.1 Å². The smallest absolute Gasteiger partial charge is 0.392 e. The summed E-state index contributed by atoms with van der Waals surface area (Å²) < 4.78 is 303. The molecule has 0 aliphatic carbocycles. The highest BCUT2D eigenvalue weighted by atomic mass is 79.9. The first-order valence-corrected chi connectivity index (χ1v) is 26.3. The van der Waals surface area contributed by atoms with Crippen LogP contribution in [0.15, 0.2) is 89.9 Å². The number of carbonyl (C=O) groups excluding carboxylic acids is 1. The molecule has 2 aromatic carbocycles. The van der Waals surface area contributed by atoms with Gasteiger partial charge in [-0.15, -0.1) is 10.2 Å². The fourth-order valence-corrected chi connectivity index (χ4v) is 7.52. The molecular weight excluding hydrogens is 1490 g/mol. The summed E-state index contributed by atoms with van der Waals surface area (Å²) >= 11 is 24.9. The standard InChI is InChI=1S/C18H12ClF9N6.C11H9F6N5.C7H5ClF3NO.C7H3ClF3NO.C6H2BrClF3N/c1-33-31-15(30-32-33)34(8-10-4-13(18(26,27)28)6-29-14(10)19)7-9-2-11(16(20,21)22)5-12(3-9)17(23,24)25;1-22-20-9(19-21-22)18-5-6-2-7(10(12,13)14)4-8(3-6)11(15,16)17;2*8-6-4(3-13)1-5(2-12-6)7(9,10)11;7-4-1-3(6(9,10)11)2-12-5(4)8/h2-6H,7-8H2,1H3;2-4H,5H2,1H3,(H,18,20);1-2,13H,3H2;1-3H;1-2H. The van der Waals surface area contributed by atoms with Crippen molar-refractivity contribution in [1.82, 2.24) is 60.4 Å². The number of halogens is 29. The van der Waals surface area contributed by atoms with Crippen molar-refractivity contribution in [3.8, 4) is 0 Å². The zero-order valence-electron chi connectivity index (χ0n) is 45.6. The number of aliphatic hydroxyl groups excluding tert-OH is 1. The summed E-state index contributed by atoms with van der Waals surface area (Å²) in [6, 6.07) is 5.26. The number of pyridine rings is 4. The van der Waals surface area contributed by atoms with E-state index in [1.807, 2.05) is 0 Å². The molecule has 45 heteroatoms. The number of alkyl halides is 24. The topological polar surface area (TPSA) is 191 Å². The van der Waals surface area contributed by atoms with E-state index in [0.29, 0.717) is 61.2 Å². The van der Waals surface area contributed by atoms with Crippen molar-refractivity contribution in [2.24, 2.45) is 14.1 Å². The van der Waals surface area contributed by atoms with Crippen LogP contribution in [0.1, 0.15) is 77.1 Å². The third-order valence-corrected chi connectivity index (χ3v) is 13.0. The summed E-state index contributed by atoms with van der Waals surface area (Å²) in [6.45, 7) is -2.04. The highest BCUT2D eigenvalue weighted by Gasteiger charge is 2.40. The van der Waals surface area contributed by atoms with Crippen LogP contribution >= 0.6 is 62.3 Å². The number of hydrogen-bond acceptors (Lipinski definition) is 14. The van der Waals surface area contributed by atoms with Crippen LogP contribution < -0.4 is 10.2 Å². The van der Waals surface area contributed by atoms with Crippen molar-refractivity contribution in [3.63, 3.8) is 0 Å². The number of nitrogens with zero attached hydrogens (tertiary/aromatic N) is 13. The molecule has 8 rings (SSSR count). The molecule has 2 N–H and O–H groups in total. The molecular formula is C49H31BrCl4F24N14O2. The van der Waals surface area contributed by atoms with Crippen molar-refractivity contribution >= 4 is 80.5 Å². The van der Waals surface area contributed by atoms with Crippen LogP contribution in [-0.2, 0) is 89.7 Å². The van der Waals surface area contributed by atoms with Gasteiger partial charge in [-0.2, -0.15) is 115 Å². The van der Waals surface area contributed by atoms with Gasteiger partial charge in [-0.1, -0.05) is 56.6 Å². The van der Waals surface area contributed by atoms with Crippen LogP contribution in [0.25, 0.3) is 0 Å². The zero-order valence-corrected chi connectivity index (χ0v) is 50.2. The molecule has 0 saturated heterocycles. The Bertz CT molecular complexity index is 3790. The maximum atomic E-state index is 13.2. The molecule has 0 aliphatic heterocycles. The minimum atomic E-state index is -5.08. The summed E-state index contributed by atoms with van der Waals surface area (Å²) in [5, 5.41) is 32.2. The van der Waals surface area contributed by atoms with Gasteiger partial charge in [0.2, 0.25) is 0 Å². The van der Waals surface area contributed by atoms with Crippen LogP contribution in [-0.4, -0.2) is 71.7 Å². The van der Waals surface area contributed by atoms with Crippen LogP contribution in [0, 0.1) is 0 Å². The molecule has 512 valence electrons. The average molecular weight is 1530 g/mol. The molecule has 8 aromatic rings. The second-order valence-electron chi connectivity index (χ2n) is 17.9. The molecule has 0 aliphatic rings. The van der Waals surface area contributed by atoms with Gasteiger partial charge < -0.3 is 15.3 Å². The second-order valence-corrected chi connectivity index (χ2v) is 20.2. The number of tetrazole rings is 2. The van der Waals surface area contributed by atoms with Crippen LogP contribution in [0.3, 0.4) is 0 Å². The van der Waals surface area contributed by atoms with Crippen molar-refractivity contribution in [1.29, 1.82) is 0 Å². The van der Waals surface area contributed by atoms with Gasteiger partial charge in [-0.3, -0.25) is 4.79 Å². The van der Waals surface area contributed by atoms with Gasteiger partial charge in [0, 0.05) is 55.5 Å². The molecule has 0 atom stereocenters. The van der Waals surface area contributed by atoms with Crippen molar-refractivity contribution in [2.45, 2.75) is 75.7 Å². The molecule has 0 radical (unpaired) electrons. The lowest BCUT2D eigenvalue weighted by Crippen LogP contribution is -2.25. The lowest BCUT2D eigenvalue weighted by atomic mass is 10.0. The fourth-order valence-electron chi connectivity index (χ4n) is 6.59. The molecule has 0 spiro atoms. The molecule has 94 heavy (non-hydrogen) atoms. The molecule has 6 aromatic heterocycles. The SMILES string of the molecule is Cn1nnc(N(Cc2cc(C(F)(F)F)cc(C(F)(F)F)c2)Cc2cc(C(F)(F)F)cnc2Cl)n1.Cn1nnc(NCc2cc(C(F)(F)F)cc(C(F)(F)F)c2)n1.FC(F)(F)c1cnc(Cl)c(Br)c1.O=Cc1cc(C(F)(F)F)cnc1Cl.OCc1cc(C(F)(F)F)cnc1Cl. The summed E-state index contributed by atoms with van der Waals surface area (Å²) in [4.78, 5) is 26.6. The van der Waals surface area contributed by atoms with Gasteiger partial charge in [0.25, 0.3) is 11.9 Å². The molecule has 0 fully saturated rings. The van der Waals surface area contributed by atoms with E-state index in [1.54, 1.807) is 0 Å². The Morgan fingerprint density at radius 1 is 0.457 bits per heavy atom. The van der Waals surface area contributed by atoms with E-state index in [9.17, 15) is 110 Å². The summed E-state index contributed by atoms with van der Waals surface area (Å²) in [7, 11) is 2.80. The third kappa shape index (κ3) is 24.3. The lowest BCUT2D eigenvalue weighted by molar-refractivity contribution is -0.144. The van der Waals surface area contributed by atoms with Gasteiger partial charge in [0.15, 0.2) is 6.29 Å². The summed E-state index contributed by atoms with van der Waals surface area (Å²) in [5.74, 6) is -0.282. The Morgan fingerprint density at radius 2 is 0.819 bits per heavy atom. The molecule has 0 unspecified atom stereocenters. The lowest BCUT2D eigenvalue weighted by Gasteiger charge is -2.23. The minimum absolute atomic E-state index is 0.00605. The zero-order chi connectivity index (χ0) is 71.5. The second kappa shape index (κ2) is 31.3. The number of carbonyl (C=O) groups is 1. The predicted molar refractivity (Wildman–Crippen MR) is 284 cm³/mol. The number of aldehydes is 1. The van der Waals surface area contributed by atoms with Crippen molar-refractivity contribution in [3.05, 3.63) is 183 Å². The maximum Gasteiger partial charge on any atom is 0.417 e. The van der Waals surface area contributed by atoms with E-state index in [2.05, 4.69) is 72.0 Å². The fraction of sp³-hybridized carbons (Fsp3) is 0.286. The average Bonchev–Trinajstić information content (AvgIpc) is 1.08. The molecule has 0 saturated carbocycles. The van der Waals surface area contributed by atoms with Crippen LogP contribution in [0.5, 0.6) is 0 Å². The Balaban J connectivity index is 0.000000269. The quantitative estimate of drug-likeness (QED) is 0.0746. The van der Waals surface area contributed by atoms with Gasteiger partial charge in [0.1, 0.15) is 20.6 Å². The number of aryl methyl sites for hydroxylation is 2. The Kier molecular flexibility index (Phi) is 26.2. The number of hydrogen-bond donors (Lipinski definition) is 2. The minimum Gasteiger partial charge on any atom is -0.392 e. The van der Waals surface area contributed by atoms with E-state index in [-0.39, 0.29) is 84.2 Å². The number of rotatable bonds is 10. The maximum absolute atomic E-state index is 13.2. The molecule has 6 heterocycles. The first kappa shape index (κ1) is 78.8. The van der Waals surface area contributed by atoms with Gasteiger partial charge in [0.05, 0.1) is 75.2 Å². The number of nitrogens with one attached hydrogen (secondary N) is 1. The van der Waals surface area contributed by atoms with E-state index in [4.69, 9.17) is 51.5 Å². The van der Waals surface area contributed by atoms with Gasteiger partial charge in [-0.25, -0.2) is 19.9 Å². The summed E-state index contributed by atoms with van der Waals surface area (Å²) in [5.41, 5.74) is -10.9. The largest absolute Gasteiger partial charge is 0.417 e. The highest BCUT2D eigenvalue weighted by Crippen LogP contribution is 2.40. The predicted octanol–water partition coefficient (Wildman–Crippen LogP) is 16.7. The van der Waals surface area contributed by atoms with Crippen molar-refractivity contribution in [2.75, 3.05) is 10.2 Å². The van der Waals surface area contributed by atoms with E-state index >= 15 is 0 Å². The van der Waals surface area contributed by atoms with E-state index < -0.39 is 119 Å². The number of benzene rings is 2. The normalized spacial score (nSPS) is 12.3. The van der Waals surface area contributed by atoms with Crippen molar-refractivity contribution < 1.29 is 115 Å².